The predicted molar refractivity (Wildman–Crippen MR) is 117 cm³/mol. The molecule has 32 heavy (non-hydrogen) atoms. The number of carbonyl (C=O) groups is 3. The molecule has 0 aliphatic carbocycles. The van der Waals surface area contributed by atoms with E-state index in [0.29, 0.717) is 24.5 Å². The summed E-state index contributed by atoms with van der Waals surface area (Å²) in [6.45, 7) is 2.53. The van der Waals surface area contributed by atoms with Crippen molar-refractivity contribution in [3.05, 3.63) is 59.3 Å². The minimum Gasteiger partial charge on any atom is -0.446 e. The zero-order valence-corrected chi connectivity index (χ0v) is 17.9. The SMILES string of the molecule is Cc1nc(N)ccc1CNC(=O)C1COC(=O)N1C(=O)[C@H]1C[C@H](Cc2ccccc2)CN1. The summed E-state index contributed by atoms with van der Waals surface area (Å²) in [7, 11) is 0. The minimum absolute atomic E-state index is 0.157. The number of aromatic nitrogens is 1. The van der Waals surface area contributed by atoms with Crippen LogP contribution >= 0.6 is 0 Å². The van der Waals surface area contributed by atoms with Gasteiger partial charge >= 0.3 is 6.09 Å². The Balaban J connectivity index is 1.36. The maximum atomic E-state index is 13.1. The summed E-state index contributed by atoms with van der Waals surface area (Å²) in [5.41, 5.74) is 8.37. The molecule has 4 N–H and O–H groups in total. The topological polar surface area (TPSA) is 127 Å². The van der Waals surface area contributed by atoms with E-state index in [0.717, 1.165) is 16.9 Å². The van der Waals surface area contributed by atoms with Crippen molar-refractivity contribution in [2.24, 2.45) is 5.92 Å². The van der Waals surface area contributed by atoms with Crippen LogP contribution < -0.4 is 16.4 Å². The lowest BCUT2D eigenvalue weighted by molar-refractivity contribution is -0.136. The summed E-state index contributed by atoms with van der Waals surface area (Å²) in [5, 5.41) is 5.98. The van der Waals surface area contributed by atoms with Crippen LogP contribution in [0.1, 0.15) is 23.2 Å². The van der Waals surface area contributed by atoms with Crippen LogP contribution in [0.15, 0.2) is 42.5 Å². The molecule has 1 aromatic heterocycles. The first kappa shape index (κ1) is 21.8. The van der Waals surface area contributed by atoms with Crippen LogP contribution in [0.5, 0.6) is 0 Å². The molecular weight excluding hydrogens is 410 g/mol. The van der Waals surface area contributed by atoms with Gasteiger partial charge in [-0.2, -0.15) is 0 Å². The number of nitrogens with zero attached hydrogens (tertiary/aromatic N) is 2. The molecule has 9 nitrogen and oxygen atoms in total. The average Bonchev–Trinajstić information content (AvgIpc) is 3.40. The smallest absolute Gasteiger partial charge is 0.417 e. The highest BCUT2D eigenvalue weighted by Gasteiger charge is 2.45. The van der Waals surface area contributed by atoms with Crippen LogP contribution in [0.25, 0.3) is 0 Å². The molecule has 2 aliphatic heterocycles. The molecule has 9 heteroatoms. The van der Waals surface area contributed by atoms with Crippen molar-refractivity contribution in [2.75, 3.05) is 18.9 Å². The first-order valence-electron chi connectivity index (χ1n) is 10.7. The van der Waals surface area contributed by atoms with Crippen molar-refractivity contribution < 1.29 is 19.1 Å². The summed E-state index contributed by atoms with van der Waals surface area (Å²) >= 11 is 0. The first-order chi connectivity index (χ1) is 15.4. The third-order valence-electron chi connectivity index (χ3n) is 5.97. The Kier molecular flexibility index (Phi) is 6.36. The number of pyridine rings is 1. The number of nitrogens with one attached hydrogen (secondary N) is 2. The Labute approximate surface area is 186 Å². The van der Waals surface area contributed by atoms with Gasteiger partial charge in [0.1, 0.15) is 12.4 Å². The number of cyclic esters (lactones) is 1. The molecule has 1 aromatic carbocycles. The average molecular weight is 438 g/mol. The molecule has 3 atom stereocenters. The van der Waals surface area contributed by atoms with E-state index < -0.39 is 30.0 Å². The fourth-order valence-corrected chi connectivity index (χ4v) is 4.22. The number of hydrogen-bond acceptors (Lipinski definition) is 7. The van der Waals surface area contributed by atoms with E-state index >= 15 is 0 Å². The van der Waals surface area contributed by atoms with Crippen molar-refractivity contribution >= 4 is 23.7 Å². The fraction of sp³-hybridized carbons (Fsp3) is 0.391. The highest BCUT2D eigenvalue weighted by molar-refractivity contribution is 6.01. The fourth-order valence-electron chi connectivity index (χ4n) is 4.22. The summed E-state index contributed by atoms with van der Waals surface area (Å²) in [5.74, 6) is -0.190. The number of amides is 3. The maximum absolute atomic E-state index is 13.1. The lowest BCUT2D eigenvalue weighted by Crippen LogP contribution is -2.53. The van der Waals surface area contributed by atoms with Gasteiger partial charge in [0.15, 0.2) is 6.04 Å². The molecule has 0 spiro atoms. The molecule has 0 saturated carbocycles. The Morgan fingerprint density at radius 1 is 1.25 bits per heavy atom. The molecule has 2 saturated heterocycles. The Morgan fingerprint density at radius 2 is 2.03 bits per heavy atom. The van der Waals surface area contributed by atoms with Crippen LogP contribution in [-0.2, 0) is 27.3 Å². The quantitative estimate of drug-likeness (QED) is 0.619. The maximum Gasteiger partial charge on any atom is 0.417 e. The number of aryl methyl sites for hydroxylation is 1. The van der Waals surface area contributed by atoms with Crippen molar-refractivity contribution in [1.82, 2.24) is 20.5 Å². The normalized spacial score (nSPS) is 22.6. The monoisotopic (exact) mass is 437 g/mol. The largest absolute Gasteiger partial charge is 0.446 e. The van der Waals surface area contributed by atoms with Gasteiger partial charge in [-0.05, 0) is 49.4 Å². The molecule has 3 heterocycles. The van der Waals surface area contributed by atoms with Crippen molar-refractivity contribution in [2.45, 2.75) is 38.4 Å². The third kappa shape index (κ3) is 4.72. The Hall–Kier alpha value is -3.46. The molecular formula is C23H27N5O4. The summed E-state index contributed by atoms with van der Waals surface area (Å²) in [6, 6.07) is 12.0. The van der Waals surface area contributed by atoms with Gasteiger partial charge in [-0.25, -0.2) is 14.7 Å². The van der Waals surface area contributed by atoms with Crippen molar-refractivity contribution in [1.29, 1.82) is 0 Å². The van der Waals surface area contributed by atoms with Crippen LogP contribution in [0.3, 0.4) is 0 Å². The van der Waals surface area contributed by atoms with Gasteiger partial charge < -0.3 is 21.1 Å². The zero-order valence-electron chi connectivity index (χ0n) is 17.9. The van der Waals surface area contributed by atoms with E-state index in [1.807, 2.05) is 18.2 Å². The molecule has 3 amide bonds. The van der Waals surface area contributed by atoms with Gasteiger partial charge in [0.05, 0.1) is 6.04 Å². The van der Waals surface area contributed by atoms with Gasteiger partial charge in [0.2, 0.25) is 11.8 Å². The number of benzene rings is 1. The molecule has 4 rings (SSSR count). The predicted octanol–water partition coefficient (Wildman–Crippen LogP) is 1.16. The molecule has 2 fully saturated rings. The van der Waals surface area contributed by atoms with Gasteiger partial charge in [0.25, 0.3) is 0 Å². The third-order valence-corrected chi connectivity index (χ3v) is 5.97. The number of hydrogen-bond donors (Lipinski definition) is 3. The number of anilines is 1. The molecule has 168 valence electrons. The Morgan fingerprint density at radius 3 is 2.78 bits per heavy atom. The minimum atomic E-state index is -0.993. The lowest BCUT2D eigenvalue weighted by atomic mass is 9.96. The van der Waals surface area contributed by atoms with Crippen LogP contribution in [-0.4, -0.2) is 53.0 Å². The molecule has 2 aliphatic rings. The molecule has 0 bridgehead atoms. The zero-order chi connectivity index (χ0) is 22.7. The second-order valence-corrected chi connectivity index (χ2v) is 8.25. The van der Waals surface area contributed by atoms with Crippen molar-refractivity contribution in [3.63, 3.8) is 0 Å². The Bertz CT molecular complexity index is 1010. The second kappa shape index (κ2) is 9.35. The number of nitrogens with two attached hydrogens (primary N) is 1. The van der Waals surface area contributed by atoms with Crippen LogP contribution in [0.2, 0.25) is 0 Å². The highest BCUT2D eigenvalue weighted by atomic mass is 16.6. The molecule has 0 radical (unpaired) electrons. The van der Waals surface area contributed by atoms with Crippen LogP contribution in [0.4, 0.5) is 10.6 Å². The second-order valence-electron chi connectivity index (χ2n) is 8.25. The van der Waals surface area contributed by atoms with E-state index in [4.69, 9.17) is 10.5 Å². The number of imide groups is 1. The highest BCUT2D eigenvalue weighted by Crippen LogP contribution is 2.23. The standard InChI is InChI=1S/C23H27N5O4/c1-14-17(7-8-20(24)27-14)12-26-21(29)19-13-32-23(31)28(19)22(30)18-10-16(11-25-18)9-15-5-3-2-4-6-15/h2-8,16,18-19,25H,9-13H2,1H3,(H2,24,27)(H,26,29)/t16-,18+,19?/m0/s1. The number of carbonyl (C=O) groups excluding carboxylic acids is 3. The molecule has 1 unspecified atom stereocenters. The van der Waals surface area contributed by atoms with Crippen molar-refractivity contribution in [3.8, 4) is 0 Å². The number of nitrogen functional groups attached to an aromatic ring is 1. The van der Waals surface area contributed by atoms with Gasteiger partial charge in [-0.15, -0.1) is 0 Å². The number of rotatable bonds is 6. The first-order valence-corrected chi connectivity index (χ1v) is 10.7. The van der Waals surface area contributed by atoms with E-state index in [9.17, 15) is 14.4 Å². The van der Waals surface area contributed by atoms with Gasteiger partial charge in [-0.1, -0.05) is 36.4 Å². The van der Waals surface area contributed by atoms with Gasteiger partial charge in [-0.3, -0.25) is 9.59 Å². The summed E-state index contributed by atoms with van der Waals surface area (Å²) in [6.07, 6.45) is 0.664. The summed E-state index contributed by atoms with van der Waals surface area (Å²) < 4.78 is 5.04. The number of ether oxygens (including phenoxy) is 1. The van der Waals surface area contributed by atoms with E-state index in [1.54, 1.807) is 19.1 Å². The van der Waals surface area contributed by atoms with Gasteiger partial charge in [0, 0.05) is 12.2 Å². The summed E-state index contributed by atoms with van der Waals surface area (Å²) in [4.78, 5) is 43.3. The molecule has 2 aromatic rings. The van der Waals surface area contributed by atoms with E-state index in [2.05, 4.69) is 27.8 Å². The van der Waals surface area contributed by atoms with Crippen LogP contribution in [0, 0.1) is 12.8 Å². The van der Waals surface area contributed by atoms with E-state index in [1.165, 1.54) is 5.56 Å². The van der Waals surface area contributed by atoms with E-state index in [-0.39, 0.29) is 19.1 Å². The lowest BCUT2D eigenvalue weighted by Gasteiger charge is -2.22.